The lowest BCUT2D eigenvalue weighted by Crippen LogP contribution is -2.25. The van der Waals surface area contributed by atoms with E-state index in [1.165, 1.54) is 5.56 Å². The molecule has 0 saturated carbocycles. The minimum Gasteiger partial charge on any atom is -0.311 e. The molecule has 0 spiro atoms. The fraction of sp³-hybridized carbons (Fsp3) is 0.231. The summed E-state index contributed by atoms with van der Waals surface area (Å²) in [7, 11) is 0. The molecule has 2 heterocycles. The highest BCUT2D eigenvalue weighted by Crippen LogP contribution is 2.08. The van der Waals surface area contributed by atoms with Gasteiger partial charge in [0.05, 0.1) is 0 Å². The number of hydrogen-bond acceptors (Lipinski definition) is 3. The number of nitriles is 1. The van der Waals surface area contributed by atoms with Crippen LogP contribution in [0.3, 0.4) is 0 Å². The molecule has 2 aromatic heterocycles. The predicted octanol–water partition coefficient (Wildman–Crippen LogP) is 2.33. The topological polar surface area (TPSA) is 45.8 Å². The fourth-order valence-corrected chi connectivity index (χ4v) is 2.41. The number of hydrogen-bond donors (Lipinski definition) is 0. The first-order chi connectivity index (χ1) is 8.22. The SMILES string of the molecule is Cc1ccc(C#N)c(=O)n1CCc1ccsc1. The van der Waals surface area contributed by atoms with Gasteiger partial charge < -0.3 is 4.57 Å². The van der Waals surface area contributed by atoms with E-state index in [1.807, 2.05) is 24.4 Å². The molecule has 0 bridgehead atoms. The molecule has 0 aliphatic heterocycles. The van der Waals surface area contributed by atoms with Gasteiger partial charge in [-0.25, -0.2) is 0 Å². The first-order valence-electron chi connectivity index (χ1n) is 5.34. The molecule has 0 aliphatic rings. The van der Waals surface area contributed by atoms with Crippen molar-refractivity contribution in [2.45, 2.75) is 19.9 Å². The summed E-state index contributed by atoms with van der Waals surface area (Å²) in [6, 6.07) is 7.37. The predicted molar refractivity (Wildman–Crippen MR) is 68.2 cm³/mol. The van der Waals surface area contributed by atoms with E-state index in [0.29, 0.717) is 6.54 Å². The third-order valence-corrected chi connectivity index (χ3v) is 3.45. The van der Waals surface area contributed by atoms with Gasteiger partial charge in [-0.05, 0) is 47.9 Å². The Morgan fingerprint density at radius 1 is 1.41 bits per heavy atom. The lowest BCUT2D eigenvalue weighted by atomic mass is 10.2. The van der Waals surface area contributed by atoms with Gasteiger partial charge in [-0.2, -0.15) is 16.6 Å². The number of nitrogens with zero attached hydrogens (tertiary/aromatic N) is 2. The Balaban J connectivity index is 2.27. The van der Waals surface area contributed by atoms with Crippen LogP contribution in [-0.4, -0.2) is 4.57 Å². The first-order valence-corrected chi connectivity index (χ1v) is 6.28. The second-order valence-corrected chi connectivity index (χ2v) is 4.62. The maximum atomic E-state index is 11.9. The van der Waals surface area contributed by atoms with Gasteiger partial charge >= 0.3 is 0 Å². The molecule has 0 aliphatic carbocycles. The summed E-state index contributed by atoms with van der Waals surface area (Å²) in [4.78, 5) is 11.9. The molecule has 0 aromatic carbocycles. The molecule has 0 amide bonds. The average molecular weight is 244 g/mol. The second-order valence-electron chi connectivity index (χ2n) is 3.84. The molecule has 2 aromatic rings. The van der Waals surface area contributed by atoms with Crippen LogP contribution >= 0.6 is 11.3 Å². The van der Waals surface area contributed by atoms with E-state index in [2.05, 4.69) is 11.4 Å². The van der Waals surface area contributed by atoms with Crippen LogP contribution in [0.2, 0.25) is 0 Å². The van der Waals surface area contributed by atoms with E-state index >= 15 is 0 Å². The molecule has 0 saturated heterocycles. The Bertz CT molecular complexity index is 605. The monoisotopic (exact) mass is 244 g/mol. The summed E-state index contributed by atoms with van der Waals surface area (Å²) < 4.78 is 1.66. The molecule has 0 atom stereocenters. The van der Waals surface area contributed by atoms with Crippen LogP contribution < -0.4 is 5.56 Å². The highest BCUT2D eigenvalue weighted by atomic mass is 32.1. The lowest BCUT2D eigenvalue weighted by Gasteiger charge is -2.09. The third-order valence-electron chi connectivity index (χ3n) is 2.72. The summed E-state index contributed by atoms with van der Waals surface area (Å²) in [5.41, 5.74) is 2.14. The van der Waals surface area contributed by atoms with Crippen molar-refractivity contribution in [3.05, 3.63) is 56.1 Å². The van der Waals surface area contributed by atoms with E-state index in [4.69, 9.17) is 5.26 Å². The van der Waals surface area contributed by atoms with Crippen molar-refractivity contribution in [3.63, 3.8) is 0 Å². The van der Waals surface area contributed by atoms with Gasteiger partial charge in [-0.15, -0.1) is 0 Å². The zero-order chi connectivity index (χ0) is 12.3. The van der Waals surface area contributed by atoms with E-state index in [9.17, 15) is 4.79 Å². The molecule has 3 nitrogen and oxygen atoms in total. The molecule has 0 fully saturated rings. The summed E-state index contributed by atoms with van der Waals surface area (Å²) >= 11 is 1.65. The third kappa shape index (κ3) is 2.45. The second kappa shape index (κ2) is 4.98. The summed E-state index contributed by atoms with van der Waals surface area (Å²) in [6.45, 7) is 2.51. The maximum Gasteiger partial charge on any atom is 0.268 e. The van der Waals surface area contributed by atoms with Crippen molar-refractivity contribution in [3.8, 4) is 6.07 Å². The number of aromatic nitrogens is 1. The zero-order valence-corrected chi connectivity index (χ0v) is 10.3. The van der Waals surface area contributed by atoms with E-state index in [0.717, 1.165) is 12.1 Å². The van der Waals surface area contributed by atoms with Gasteiger partial charge in [0.25, 0.3) is 5.56 Å². The normalized spacial score (nSPS) is 10.1. The Morgan fingerprint density at radius 2 is 2.24 bits per heavy atom. The molecule has 4 heteroatoms. The van der Waals surface area contributed by atoms with Crippen LogP contribution in [0.15, 0.2) is 33.8 Å². The minimum atomic E-state index is -0.192. The first kappa shape index (κ1) is 11.6. The van der Waals surface area contributed by atoms with Crippen molar-refractivity contribution >= 4 is 11.3 Å². The molecule has 2 rings (SSSR count). The highest BCUT2D eigenvalue weighted by molar-refractivity contribution is 7.07. The molecular weight excluding hydrogens is 232 g/mol. The highest BCUT2D eigenvalue weighted by Gasteiger charge is 2.05. The van der Waals surface area contributed by atoms with Crippen molar-refractivity contribution < 1.29 is 0 Å². The standard InChI is InChI=1S/C13H12N2OS/c1-10-2-3-12(8-14)13(16)15(10)6-4-11-5-7-17-9-11/h2-3,5,7,9H,4,6H2,1H3. The maximum absolute atomic E-state index is 11.9. The zero-order valence-electron chi connectivity index (χ0n) is 9.51. The molecule has 0 unspecified atom stereocenters. The van der Waals surface area contributed by atoms with E-state index < -0.39 is 0 Å². The quantitative estimate of drug-likeness (QED) is 0.832. The lowest BCUT2D eigenvalue weighted by molar-refractivity contribution is 0.648. The Labute approximate surface area is 104 Å². The smallest absolute Gasteiger partial charge is 0.268 e. The van der Waals surface area contributed by atoms with Crippen LogP contribution in [0.25, 0.3) is 0 Å². The average Bonchev–Trinajstić information content (AvgIpc) is 2.82. The van der Waals surface area contributed by atoms with Gasteiger partial charge in [0.1, 0.15) is 11.6 Å². The van der Waals surface area contributed by atoms with Crippen LogP contribution in [0.1, 0.15) is 16.8 Å². The Morgan fingerprint density at radius 3 is 2.88 bits per heavy atom. The van der Waals surface area contributed by atoms with Crippen LogP contribution in [0, 0.1) is 18.3 Å². The number of pyridine rings is 1. The van der Waals surface area contributed by atoms with Crippen LogP contribution in [-0.2, 0) is 13.0 Å². The largest absolute Gasteiger partial charge is 0.311 e. The van der Waals surface area contributed by atoms with E-state index in [1.54, 1.807) is 22.0 Å². The molecule has 86 valence electrons. The van der Waals surface area contributed by atoms with Gasteiger partial charge in [0.15, 0.2) is 0 Å². The Kier molecular flexibility index (Phi) is 3.40. The van der Waals surface area contributed by atoms with Crippen LogP contribution in [0.4, 0.5) is 0 Å². The van der Waals surface area contributed by atoms with Gasteiger partial charge in [-0.1, -0.05) is 0 Å². The molecular formula is C13H12N2OS. The summed E-state index contributed by atoms with van der Waals surface area (Å²) in [6.07, 6.45) is 0.819. The number of rotatable bonds is 3. The van der Waals surface area contributed by atoms with Crippen molar-refractivity contribution in [1.82, 2.24) is 4.57 Å². The minimum absolute atomic E-state index is 0.192. The molecule has 17 heavy (non-hydrogen) atoms. The summed E-state index contributed by atoms with van der Waals surface area (Å²) in [5, 5.41) is 12.9. The van der Waals surface area contributed by atoms with Crippen molar-refractivity contribution in [1.29, 1.82) is 5.26 Å². The molecule has 0 N–H and O–H groups in total. The van der Waals surface area contributed by atoms with Crippen molar-refractivity contribution in [2.75, 3.05) is 0 Å². The van der Waals surface area contributed by atoms with Gasteiger partial charge in [0, 0.05) is 12.2 Å². The van der Waals surface area contributed by atoms with Gasteiger partial charge in [-0.3, -0.25) is 4.79 Å². The summed E-state index contributed by atoms with van der Waals surface area (Å²) in [5.74, 6) is 0. The fourth-order valence-electron chi connectivity index (χ4n) is 1.71. The van der Waals surface area contributed by atoms with Crippen molar-refractivity contribution in [2.24, 2.45) is 0 Å². The molecule has 0 radical (unpaired) electrons. The Hall–Kier alpha value is -1.86. The van der Waals surface area contributed by atoms with E-state index in [-0.39, 0.29) is 11.1 Å². The number of thiophene rings is 1. The number of aryl methyl sites for hydroxylation is 2. The van der Waals surface area contributed by atoms with Crippen LogP contribution in [0.5, 0.6) is 0 Å². The van der Waals surface area contributed by atoms with Gasteiger partial charge in [0.2, 0.25) is 0 Å².